The summed E-state index contributed by atoms with van der Waals surface area (Å²) in [5.74, 6) is -2.08. The number of carbonyl (C=O) groups excluding carboxylic acids is 2. The number of nitrogens with zero attached hydrogens (tertiary/aromatic N) is 1. The highest BCUT2D eigenvalue weighted by atomic mass is 32.2. The number of carbonyl (C=O) groups is 3. The molecule has 0 aromatic rings. The van der Waals surface area contributed by atoms with E-state index in [1.807, 2.05) is 0 Å². The van der Waals surface area contributed by atoms with E-state index >= 15 is 0 Å². The summed E-state index contributed by atoms with van der Waals surface area (Å²) in [7, 11) is -1.91. The highest BCUT2D eigenvalue weighted by Crippen LogP contribution is 1.99. The van der Waals surface area contributed by atoms with Crippen molar-refractivity contribution in [2.45, 2.75) is 19.4 Å². The molecule has 0 aliphatic carbocycles. The summed E-state index contributed by atoms with van der Waals surface area (Å²) in [6.07, 6.45) is 0.745. The molecular formula is C11H21N3O6S. The Morgan fingerprint density at radius 3 is 2.24 bits per heavy atom. The second kappa shape index (κ2) is 8.45. The third-order valence-corrected chi connectivity index (χ3v) is 3.63. The van der Waals surface area contributed by atoms with Gasteiger partial charge in [0.15, 0.2) is 0 Å². The van der Waals surface area contributed by atoms with Crippen LogP contribution in [-0.4, -0.2) is 74.5 Å². The second-order valence-corrected chi connectivity index (χ2v) is 6.71. The van der Waals surface area contributed by atoms with Gasteiger partial charge in [-0.3, -0.25) is 4.79 Å². The molecule has 3 N–H and O–H groups in total. The molecule has 0 radical (unpaired) electrons. The Morgan fingerprint density at radius 2 is 1.86 bits per heavy atom. The monoisotopic (exact) mass is 323 g/mol. The van der Waals surface area contributed by atoms with Gasteiger partial charge in [-0.1, -0.05) is 0 Å². The second-order valence-electron chi connectivity index (χ2n) is 4.45. The van der Waals surface area contributed by atoms with Crippen LogP contribution in [0, 0.1) is 0 Å². The molecule has 0 spiro atoms. The minimum atomic E-state index is -3.33. The third-order valence-electron chi connectivity index (χ3n) is 2.66. The van der Waals surface area contributed by atoms with Gasteiger partial charge in [-0.15, -0.1) is 0 Å². The van der Waals surface area contributed by atoms with Gasteiger partial charge in [-0.25, -0.2) is 18.0 Å². The molecule has 1 atom stereocenters. The number of carboxylic acids is 1. The maximum atomic E-state index is 11.9. The number of sulfone groups is 1. The number of aliphatic carboxylic acids is 1. The van der Waals surface area contributed by atoms with Crippen LogP contribution in [0.5, 0.6) is 0 Å². The van der Waals surface area contributed by atoms with Crippen molar-refractivity contribution in [2.24, 2.45) is 0 Å². The number of amides is 3. The molecule has 0 aliphatic rings. The summed E-state index contributed by atoms with van der Waals surface area (Å²) in [4.78, 5) is 35.3. The van der Waals surface area contributed by atoms with Crippen LogP contribution in [0.25, 0.3) is 0 Å². The van der Waals surface area contributed by atoms with Crippen LogP contribution >= 0.6 is 0 Å². The molecule has 0 aliphatic heterocycles. The lowest BCUT2D eigenvalue weighted by Gasteiger charge is -2.23. The number of carboxylic acid groups (broad SMARTS) is 1. The van der Waals surface area contributed by atoms with Gasteiger partial charge in [0.1, 0.15) is 22.4 Å². The van der Waals surface area contributed by atoms with E-state index in [4.69, 9.17) is 5.11 Å². The van der Waals surface area contributed by atoms with Crippen LogP contribution in [0.3, 0.4) is 0 Å². The third kappa shape index (κ3) is 8.12. The first-order valence-electron chi connectivity index (χ1n) is 6.27. The van der Waals surface area contributed by atoms with E-state index in [0.717, 1.165) is 11.2 Å². The fourth-order valence-electron chi connectivity index (χ4n) is 1.41. The summed E-state index contributed by atoms with van der Waals surface area (Å²) in [5, 5.41) is 13.6. The van der Waals surface area contributed by atoms with Gasteiger partial charge in [-0.05, 0) is 13.3 Å². The van der Waals surface area contributed by atoms with Gasteiger partial charge in [0, 0.05) is 19.8 Å². The SMILES string of the molecule is CCN(CC(=O)NC)C(=O)NC(CCS(C)(=O)=O)C(=O)O. The lowest BCUT2D eigenvalue weighted by Crippen LogP contribution is -2.50. The van der Waals surface area contributed by atoms with Crippen molar-refractivity contribution in [3.8, 4) is 0 Å². The molecule has 122 valence electrons. The van der Waals surface area contributed by atoms with E-state index in [-0.39, 0.29) is 25.3 Å². The summed E-state index contributed by atoms with van der Waals surface area (Å²) >= 11 is 0. The quantitative estimate of drug-likeness (QED) is 0.506. The van der Waals surface area contributed by atoms with E-state index < -0.39 is 33.8 Å². The Bertz CT molecular complexity index is 490. The maximum absolute atomic E-state index is 11.9. The van der Waals surface area contributed by atoms with E-state index in [2.05, 4.69) is 10.6 Å². The summed E-state index contributed by atoms with van der Waals surface area (Å²) < 4.78 is 22.1. The molecule has 0 heterocycles. The molecule has 0 saturated heterocycles. The predicted molar refractivity (Wildman–Crippen MR) is 75.6 cm³/mol. The highest BCUT2D eigenvalue weighted by molar-refractivity contribution is 7.90. The largest absolute Gasteiger partial charge is 0.480 e. The van der Waals surface area contributed by atoms with Crippen molar-refractivity contribution in [2.75, 3.05) is 32.1 Å². The first-order valence-corrected chi connectivity index (χ1v) is 8.33. The molecular weight excluding hydrogens is 302 g/mol. The standard InChI is InChI=1S/C11H21N3O6S/c1-4-14(7-9(15)12-2)11(18)13-8(10(16)17)5-6-21(3,19)20/h8H,4-7H2,1-3H3,(H,12,15)(H,13,18)(H,16,17). The van der Waals surface area contributed by atoms with Crippen molar-refractivity contribution in [1.82, 2.24) is 15.5 Å². The fourth-order valence-corrected chi connectivity index (χ4v) is 2.07. The molecule has 0 saturated carbocycles. The van der Waals surface area contributed by atoms with E-state index in [1.165, 1.54) is 7.05 Å². The van der Waals surface area contributed by atoms with E-state index in [1.54, 1.807) is 6.92 Å². The lowest BCUT2D eigenvalue weighted by atomic mass is 10.2. The number of nitrogens with one attached hydrogen (secondary N) is 2. The molecule has 1 unspecified atom stereocenters. The van der Waals surface area contributed by atoms with Crippen LogP contribution in [-0.2, 0) is 19.4 Å². The zero-order valence-corrected chi connectivity index (χ0v) is 13.1. The average molecular weight is 323 g/mol. The Kier molecular flexibility index (Phi) is 7.71. The molecule has 0 aromatic heterocycles. The number of urea groups is 1. The number of rotatable bonds is 8. The zero-order valence-electron chi connectivity index (χ0n) is 12.2. The molecule has 9 nitrogen and oxygen atoms in total. The van der Waals surface area contributed by atoms with Crippen LogP contribution in [0.4, 0.5) is 4.79 Å². The molecule has 3 amide bonds. The lowest BCUT2D eigenvalue weighted by molar-refractivity contribution is -0.139. The normalized spacial score (nSPS) is 12.3. The van der Waals surface area contributed by atoms with Crippen molar-refractivity contribution < 1.29 is 27.9 Å². The minimum absolute atomic E-state index is 0.206. The molecule has 0 fully saturated rings. The Morgan fingerprint density at radius 1 is 1.29 bits per heavy atom. The van der Waals surface area contributed by atoms with E-state index in [9.17, 15) is 22.8 Å². The predicted octanol–water partition coefficient (Wildman–Crippen LogP) is -1.35. The van der Waals surface area contributed by atoms with Gasteiger partial charge in [0.2, 0.25) is 5.91 Å². The molecule has 21 heavy (non-hydrogen) atoms. The van der Waals surface area contributed by atoms with Crippen molar-refractivity contribution in [3.63, 3.8) is 0 Å². The highest BCUT2D eigenvalue weighted by Gasteiger charge is 2.24. The summed E-state index contributed by atoms with van der Waals surface area (Å²) in [6.45, 7) is 1.63. The Balaban J connectivity index is 4.72. The Hall–Kier alpha value is -1.84. The molecule has 10 heteroatoms. The zero-order chi connectivity index (χ0) is 16.6. The van der Waals surface area contributed by atoms with Crippen LogP contribution in [0.2, 0.25) is 0 Å². The van der Waals surface area contributed by atoms with Crippen molar-refractivity contribution in [3.05, 3.63) is 0 Å². The fraction of sp³-hybridized carbons (Fsp3) is 0.727. The van der Waals surface area contributed by atoms with Gasteiger partial charge < -0.3 is 20.6 Å². The van der Waals surface area contributed by atoms with Gasteiger partial charge >= 0.3 is 12.0 Å². The topological polar surface area (TPSA) is 133 Å². The minimum Gasteiger partial charge on any atom is -0.480 e. The Labute approximate surface area is 123 Å². The molecule has 0 aromatic carbocycles. The number of hydrogen-bond acceptors (Lipinski definition) is 5. The smallest absolute Gasteiger partial charge is 0.326 e. The average Bonchev–Trinajstić information content (AvgIpc) is 2.38. The molecule has 0 rings (SSSR count). The van der Waals surface area contributed by atoms with Gasteiger partial charge in [-0.2, -0.15) is 0 Å². The van der Waals surface area contributed by atoms with Crippen LogP contribution in [0.1, 0.15) is 13.3 Å². The number of hydrogen-bond donors (Lipinski definition) is 3. The first-order chi connectivity index (χ1) is 9.60. The van der Waals surface area contributed by atoms with E-state index in [0.29, 0.717) is 0 Å². The number of likely N-dealkylation sites (N-methyl/N-ethyl adjacent to an activating group) is 2. The van der Waals surface area contributed by atoms with Crippen LogP contribution in [0.15, 0.2) is 0 Å². The van der Waals surface area contributed by atoms with Gasteiger partial charge in [0.05, 0.1) is 5.75 Å². The van der Waals surface area contributed by atoms with Gasteiger partial charge in [0.25, 0.3) is 0 Å². The maximum Gasteiger partial charge on any atom is 0.326 e. The summed E-state index contributed by atoms with van der Waals surface area (Å²) in [5.41, 5.74) is 0. The van der Waals surface area contributed by atoms with Crippen molar-refractivity contribution >= 4 is 27.7 Å². The molecule has 0 bridgehead atoms. The van der Waals surface area contributed by atoms with Crippen molar-refractivity contribution in [1.29, 1.82) is 0 Å². The summed E-state index contributed by atoms with van der Waals surface area (Å²) in [6, 6.07) is -2.06. The first kappa shape index (κ1) is 19.2. The van der Waals surface area contributed by atoms with Crippen LogP contribution < -0.4 is 10.6 Å².